The van der Waals surface area contributed by atoms with Crippen molar-refractivity contribution in [1.29, 1.82) is 5.26 Å². The van der Waals surface area contributed by atoms with Crippen molar-refractivity contribution in [2.75, 3.05) is 19.7 Å². The number of amides is 1. The number of benzene rings is 2. The van der Waals surface area contributed by atoms with Gasteiger partial charge in [-0.05, 0) is 66.2 Å². The lowest BCUT2D eigenvalue weighted by molar-refractivity contribution is -0.133. The number of hydrogen-bond donors (Lipinski definition) is 1. The highest BCUT2D eigenvalue weighted by Crippen LogP contribution is 2.71. The molecule has 2 aromatic carbocycles. The minimum atomic E-state index is -0.411. The number of rotatable bonds is 6. The van der Waals surface area contributed by atoms with Crippen LogP contribution in [0, 0.1) is 22.2 Å². The lowest BCUT2D eigenvalue weighted by Gasteiger charge is -2.24. The summed E-state index contributed by atoms with van der Waals surface area (Å²) in [6.07, 6.45) is 5.02. The second-order valence-electron chi connectivity index (χ2n) is 8.55. The van der Waals surface area contributed by atoms with Gasteiger partial charge in [-0.1, -0.05) is 48.0 Å². The summed E-state index contributed by atoms with van der Waals surface area (Å²) in [5.41, 5.74) is 3.27. The standard InChI is InChI=1S/C24H25ClN2O2/c25-21-12-18(6-7-20(21)14-26)8-9-23(13-19-4-2-1-3-5-19)16-24(23)10-11-27(17-24)22(29)15-28/h1-7,12,28H,8-11,13,15-17H2/t23-,24+/m1/s1. The summed E-state index contributed by atoms with van der Waals surface area (Å²) in [4.78, 5) is 13.8. The van der Waals surface area contributed by atoms with E-state index in [1.54, 1.807) is 6.07 Å². The van der Waals surface area contributed by atoms with Crippen LogP contribution in [0.2, 0.25) is 5.02 Å². The van der Waals surface area contributed by atoms with E-state index in [1.165, 1.54) is 5.56 Å². The van der Waals surface area contributed by atoms with E-state index in [1.807, 2.05) is 23.1 Å². The molecule has 150 valence electrons. The van der Waals surface area contributed by atoms with Crippen molar-refractivity contribution in [3.05, 3.63) is 70.2 Å². The van der Waals surface area contributed by atoms with Crippen LogP contribution in [0.5, 0.6) is 0 Å². The lowest BCUT2D eigenvalue weighted by Crippen LogP contribution is -2.32. The lowest BCUT2D eigenvalue weighted by atomic mass is 9.81. The van der Waals surface area contributed by atoms with Crippen molar-refractivity contribution in [2.24, 2.45) is 10.8 Å². The van der Waals surface area contributed by atoms with Crippen LogP contribution in [0.3, 0.4) is 0 Å². The minimum absolute atomic E-state index is 0.143. The van der Waals surface area contributed by atoms with Gasteiger partial charge in [-0.25, -0.2) is 0 Å². The SMILES string of the molecule is N#Cc1ccc(CC[C@@]2(Cc3ccccc3)C[C@]23CCN(C(=O)CO)C3)cc1Cl. The van der Waals surface area contributed by atoms with Crippen LogP contribution in [0.1, 0.15) is 36.0 Å². The molecule has 1 saturated carbocycles. The van der Waals surface area contributed by atoms with Crippen LogP contribution in [0.25, 0.3) is 0 Å². The zero-order valence-electron chi connectivity index (χ0n) is 16.4. The summed E-state index contributed by atoms with van der Waals surface area (Å²) in [5, 5.41) is 18.8. The molecular formula is C24H25ClN2O2. The highest BCUT2D eigenvalue weighted by atomic mass is 35.5. The number of aliphatic hydroxyl groups excluding tert-OH is 1. The number of carbonyl (C=O) groups excluding carboxylic acids is 1. The second kappa shape index (κ2) is 7.82. The Hall–Kier alpha value is -2.35. The molecule has 1 spiro atoms. The van der Waals surface area contributed by atoms with E-state index in [2.05, 4.69) is 30.3 Å². The van der Waals surface area contributed by atoms with Gasteiger partial charge in [-0.2, -0.15) is 5.26 Å². The maximum absolute atomic E-state index is 12.0. The average Bonchev–Trinajstić information content (AvgIpc) is 3.10. The zero-order chi connectivity index (χ0) is 20.5. The van der Waals surface area contributed by atoms with Crippen LogP contribution < -0.4 is 0 Å². The molecule has 0 aromatic heterocycles. The van der Waals surface area contributed by atoms with Gasteiger partial charge in [0.15, 0.2) is 0 Å². The third-order valence-electron chi connectivity index (χ3n) is 6.95. The third kappa shape index (κ3) is 3.77. The number of aliphatic hydroxyl groups is 1. The van der Waals surface area contributed by atoms with Crippen molar-refractivity contribution in [3.8, 4) is 6.07 Å². The molecule has 1 amide bonds. The van der Waals surface area contributed by atoms with Crippen LogP contribution >= 0.6 is 11.6 Å². The fourth-order valence-corrected chi connectivity index (χ4v) is 5.48. The van der Waals surface area contributed by atoms with E-state index >= 15 is 0 Å². The summed E-state index contributed by atoms with van der Waals surface area (Å²) >= 11 is 6.23. The number of carbonyl (C=O) groups is 1. The Labute approximate surface area is 176 Å². The molecule has 0 radical (unpaired) electrons. The molecule has 2 aliphatic rings. The molecule has 1 aliphatic carbocycles. The predicted octanol–water partition coefficient (Wildman–Crippen LogP) is 3.99. The molecule has 4 nitrogen and oxygen atoms in total. The molecule has 1 saturated heterocycles. The molecule has 1 N–H and O–H groups in total. The number of likely N-dealkylation sites (tertiary alicyclic amines) is 1. The molecule has 2 fully saturated rings. The first-order chi connectivity index (χ1) is 14.0. The van der Waals surface area contributed by atoms with Crippen molar-refractivity contribution < 1.29 is 9.90 Å². The molecule has 2 atom stereocenters. The maximum atomic E-state index is 12.0. The Bertz CT molecular complexity index is 955. The number of nitriles is 1. The molecule has 5 heteroatoms. The van der Waals surface area contributed by atoms with Gasteiger partial charge in [0.1, 0.15) is 12.7 Å². The number of hydrogen-bond acceptors (Lipinski definition) is 3. The van der Waals surface area contributed by atoms with Crippen molar-refractivity contribution in [2.45, 2.75) is 32.1 Å². The van der Waals surface area contributed by atoms with Crippen LogP contribution in [0.15, 0.2) is 48.5 Å². The quantitative estimate of drug-likeness (QED) is 0.786. The van der Waals surface area contributed by atoms with Crippen molar-refractivity contribution in [1.82, 2.24) is 4.90 Å². The molecule has 0 unspecified atom stereocenters. The highest BCUT2D eigenvalue weighted by molar-refractivity contribution is 6.31. The summed E-state index contributed by atoms with van der Waals surface area (Å²) in [5.74, 6) is -0.165. The third-order valence-corrected chi connectivity index (χ3v) is 7.26. The first-order valence-electron chi connectivity index (χ1n) is 10.1. The Kier molecular flexibility index (Phi) is 5.38. The number of halogens is 1. The normalized spacial score (nSPS) is 25.2. The first-order valence-corrected chi connectivity index (χ1v) is 10.5. The highest BCUT2D eigenvalue weighted by Gasteiger charge is 2.68. The molecular weight excluding hydrogens is 384 g/mol. The van der Waals surface area contributed by atoms with Crippen LogP contribution in [-0.2, 0) is 17.6 Å². The molecule has 1 aliphatic heterocycles. The second-order valence-corrected chi connectivity index (χ2v) is 8.96. The topological polar surface area (TPSA) is 64.3 Å². The van der Waals surface area contributed by atoms with Crippen LogP contribution in [0.4, 0.5) is 0 Å². The largest absolute Gasteiger partial charge is 0.387 e. The summed E-state index contributed by atoms with van der Waals surface area (Å²) in [7, 11) is 0. The average molecular weight is 409 g/mol. The van der Waals surface area contributed by atoms with E-state index in [9.17, 15) is 9.90 Å². The summed E-state index contributed by atoms with van der Waals surface area (Å²) in [6, 6.07) is 18.3. The Morgan fingerprint density at radius 1 is 1.21 bits per heavy atom. The fourth-order valence-electron chi connectivity index (χ4n) is 5.23. The molecule has 1 heterocycles. The van der Waals surface area contributed by atoms with E-state index in [4.69, 9.17) is 16.9 Å². The molecule has 0 bridgehead atoms. The smallest absolute Gasteiger partial charge is 0.248 e. The summed E-state index contributed by atoms with van der Waals surface area (Å²) < 4.78 is 0. The van der Waals surface area contributed by atoms with Crippen molar-refractivity contribution >= 4 is 17.5 Å². The van der Waals surface area contributed by atoms with E-state index in [0.717, 1.165) is 50.8 Å². The predicted molar refractivity (Wildman–Crippen MR) is 112 cm³/mol. The van der Waals surface area contributed by atoms with E-state index in [0.29, 0.717) is 10.6 Å². The molecule has 2 aromatic rings. The van der Waals surface area contributed by atoms with Gasteiger partial charge >= 0.3 is 0 Å². The Balaban J connectivity index is 1.54. The zero-order valence-corrected chi connectivity index (χ0v) is 17.2. The number of aryl methyl sites for hydroxylation is 1. The Morgan fingerprint density at radius 2 is 2.00 bits per heavy atom. The van der Waals surface area contributed by atoms with Gasteiger partial charge < -0.3 is 10.0 Å². The fraction of sp³-hybridized carbons (Fsp3) is 0.417. The monoisotopic (exact) mass is 408 g/mol. The van der Waals surface area contributed by atoms with Gasteiger partial charge in [-0.3, -0.25) is 4.79 Å². The van der Waals surface area contributed by atoms with Gasteiger partial charge in [0.05, 0.1) is 10.6 Å². The van der Waals surface area contributed by atoms with Gasteiger partial charge in [0.2, 0.25) is 5.91 Å². The maximum Gasteiger partial charge on any atom is 0.248 e. The first kappa shape index (κ1) is 19.9. The van der Waals surface area contributed by atoms with Crippen molar-refractivity contribution in [3.63, 3.8) is 0 Å². The van der Waals surface area contributed by atoms with Crippen LogP contribution in [-0.4, -0.2) is 35.6 Å². The number of nitrogens with zero attached hydrogens (tertiary/aromatic N) is 2. The molecule has 29 heavy (non-hydrogen) atoms. The molecule has 4 rings (SSSR count). The minimum Gasteiger partial charge on any atom is -0.387 e. The van der Waals surface area contributed by atoms with E-state index < -0.39 is 6.61 Å². The Morgan fingerprint density at radius 3 is 2.69 bits per heavy atom. The van der Waals surface area contributed by atoms with Gasteiger partial charge in [-0.15, -0.1) is 0 Å². The van der Waals surface area contributed by atoms with Gasteiger partial charge in [0.25, 0.3) is 0 Å². The van der Waals surface area contributed by atoms with Gasteiger partial charge in [0, 0.05) is 13.1 Å². The van der Waals surface area contributed by atoms with E-state index in [-0.39, 0.29) is 16.7 Å². The summed E-state index contributed by atoms with van der Waals surface area (Å²) in [6.45, 7) is 1.07.